The third-order valence-electron chi connectivity index (χ3n) is 3.26. The van der Waals surface area contributed by atoms with Crippen molar-refractivity contribution in [3.8, 4) is 5.75 Å². The Morgan fingerprint density at radius 1 is 1.31 bits per heavy atom. The molecule has 1 heterocycles. The van der Waals surface area contributed by atoms with Gasteiger partial charge < -0.3 is 10.5 Å². The monoisotopic (exact) mass is 219 g/mol. The standard InChI is InChI=1S/C14H21NO/c1-2-3-4-7-11-10-13(15)12-8-5-6-9-14(12)16-11/h5-6,8-9,11,13H,2-4,7,10,15H2,1H3/t11?,13-/m1/s1. The molecule has 1 unspecified atom stereocenters. The Labute approximate surface area is 97.8 Å². The zero-order valence-corrected chi connectivity index (χ0v) is 9.99. The molecule has 0 saturated heterocycles. The van der Waals surface area contributed by atoms with Crippen LogP contribution in [-0.4, -0.2) is 6.10 Å². The second-order valence-corrected chi connectivity index (χ2v) is 4.62. The molecule has 2 N–H and O–H groups in total. The molecule has 0 spiro atoms. The van der Waals surface area contributed by atoms with Gasteiger partial charge in [-0.15, -0.1) is 0 Å². The van der Waals surface area contributed by atoms with Crippen LogP contribution in [0.3, 0.4) is 0 Å². The highest BCUT2D eigenvalue weighted by Crippen LogP contribution is 2.34. The van der Waals surface area contributed by atoms with Crippen LogP contribution >= 0.6 is 0 Å². The van der Waals surface area contributed by atoms with Crippen LogP contribution in [0.5, 0.6) is 5.75 Å². The number of rotatable bonds is 4. The van der Waals surface area contributed by atoms with E-state index >= 15 is 0 Å². The summed E-state index contributed by atoms with van der Waals surface area (Å²) in [6.45, 7) is 2.22. The highest BCUT2D eigenvalue weighted by Gasteiger charge is 2.24. The first-order valence-corrected chi connectivity index (χ1v) is 6.32. The van der Waals surface area contributed by atoms with Gasteiger partial charge >= 0.3 is 0 Å². The maximum atomic E-state index is 6.16. The van der Waals surface area contributed by atoms with Crippen LogP contribution in [0.2, 0.25) is 0 Å². The molecule has 2 nitrogen and oxygen atoms in total. The third-order valence-corrected chi connectivity index (χ3v) is 3.26. The molecule has 0 amide bonds. The van der Waals surface area contributed by atoms with E-state index in [0.29, 0.717) is 6.10 Å². The van der Waals surface area contributed by atoms with E-state index < -0.39 is 0 Å². The molecule has 2 heteroatoms. The number of unbranched alkanes of at least 4 members (excludes halogenated alkanes) is 2. The van der Waals surface area contributed by atoms with Crippen molar-refractivity contribution in [3.05, 3.63) is 29.8 Å². The lowest BCUT2D eigenvalue weighted by Gasteiger charge is -2.30. The van der Waals surface area contributed by atoms with Crippen molar-refractivity contribution in [2.75, 3.05) is 0 Å². The van der Waals surface area contributed by atoms with Gasteiger partial charge in [-0.2, -0.15) is 0 Å². The molecule has 1 aliphatic heterocycles. The normalized spacial score (nSPS) is 23.6. The lowest BCUT2D eigenvalue weighted by atomic mass is 9.95. The highest BCUT2D eigenvalue weighted by molar-refractivity contribution is 5.37. The number of para-hydroxylation sites is 1. The van der Waals surface area contributed by atoms with E-state index in [0.717, 1.165) is 24.2 Å². The fraction of sp³-hybridized carbons (Fsp3) is 0.571. The molecule has 2 rings (SSSR count). The summed E-state index contributed by atoms with van der Waals surface area (Å²) in [5, 5.41) is 0. The number of hydrogen-bond donors (Lipinski definition) is 1. The Balaban J connectivity index is 1.98. The van der Waals surface area contributed by atoms with Crippen molar-refractivity contribution < 1.29 is 4.74 Å². The van der Waals surface area contributed by atoms with Crippen LogP contribution in [-0.2, 0) is 0 Å². The van der Waals surface area contributed by atoms with Crippen LogP contribution in [0, 0.1) is 0 Å². The van der Waals surface area contributed by atoms with Gasteiger partial charge in [-0.05, 0) is 18.9 Å². The third kappa shape index (κ3) is 2.56. The van der Waals surface area contributed by atoms with Gasteiger partial charge in [0.25, 0.3) is 0 Å². The van der Waals surface area contributed by atoms with E-state index in [-0.39, 0.29) is 6.04 Å². The maximum absolute atomic E-state index is 6.16. The zero-order chi connectivity index (χ0) is 11.4. The zero-order valence-electron chi connectivity index (χ0n) is 9.99. The highest BCUT2D eigenvalue weighted by atomic mass is 16.5. The van der Waals surface area contributed by atoms with E-state index in [9.17, 15) is 0 Å². The van der Waals surface area contributed by atoms with Gasteiger partial charge in [0, 0.05) is 18.0 Å². The van der Waals surface area contributed by atoms with Gasteiger partial charge in [0.05, 0.1) is 0 Å². The fourth-order valence-corrected chi connectivity index (χ4v) is 2.33. The minimum Gasteiger partial charge on any atom is -0.490 e. The summed E-state index contributed by atoms with van der Waals surface area (Å²) in [7, 11) is 0. The van der Waals surface area contributed by atoms with Crippen molar-refractivity contribution in [1.82, 2.24) is 0 Å². The van der Waals surface area contributed by atoms with Crippen LogP contribution in [0.25, 0.3) is 0 Å². The molecule has 0 radical (unpaired) electrons. The van der Waals surface area contributed by atoms with Crippen molar-refractivity contribution in [3.63, 3.8) is 0 Å². The summed E-state index contributed by atoms with van der Waals surface area (Å²) in [4.78, 5) is 0. The van der Waals surface area contributed by atoms with Gasteiger partial charge in [0.1, 0.15) is 11.9 Å². The van der Waals surface area contributed by atoms with Crippen LogP contribution < -0.4 is 10.5 Å². The quantitative estimate of drug-likeness (QED) is 0.787. The number of nitrogens with two attached hydrogens (primary N) is 1. The summed E-state index contributed by atoms with van der Waals surface area (Å²) >= 11 is 0. The van der Waals surface area contributed by atoms with Crippen molar-refractivity contribution in [1.29, 1.82) is 0 Å². The average Bonchev–Trinajstić information content (AvgIpc) is 2.30. The molecule has 0 fully saturated rings. The Bertz CT molecular complexity index is 337. The molecule has 0 aliphatic carbocycles. The number of benzene rings is 1. The Morgan fingerprint density at radius 2 is 2.12 bits per heavy atom. The lowest BCUT2D eigenvalue weighted by molar-refractivity contribution is 0.147. The summed E-state index contributed by atoms with van der Waals surface area (Å²) in [6.07, 6.45) is 6.20. The number of hydrogen-bond acceptors (Lipinski definition) is 2. The van der Waals surface area contributed by atoms with Gasteiger partial charge in [0.2, 0.25) is 0 Å². The predicted octanol–water partition coefficient (Wildman–Crippen LogP) is 3.42. The van der Waals surface area contributed by atoms with E-state index in [1.54, 1.807) is 0 Å². The Kier molecular flexibility index (Phi) is 3.83. The minimum atomic E-state index is 0.150. The smallest absolute Gasteiger partial charge is 0.124 e. The SMILES string of the molecule is CCCCCC1C[C@@H](N)c2ccccc2O1. The van der Waals surface area contributed by atoms with Crippen LogP contribution in [0.1, 0.15) is 50.6 Å². The summed E-state index contributed by atoms with van der Waals surface area (Å²) < 4.78 is 5.97. The van der Waals surface area contributed by atoms with E-state index in [1.807, 2.05) is 18.2 Å². The molecule has 1 aromatic carbocycles. The van der Waals surface area contributed by atoms with Crippen molar-refractivity contribution in [2.45, 2.75) is 51.2 Å². The van der Waals surface area contributed by atoms with E-state index in [2.05, 4.69) is 13.0 Å². The Hall–Kier alpha value is -1.02. The predicted molar refractivity (Wildman–Crippen MR) is 66.5 cm³/mol. The molecule has 0 bridgehead atoms. The minimum absolute atomic E-state index is 0.150. The second-order valence-electron chi connectivity index (χ2n) is 4.62. The van der Waals surface area contributed by atoms with Crippen molar-refractivity contribution >= 4 is 0 Å². The molecule has 1 aliphatic rings. The van der Waals surface area contributed by atoms with Crippen molar-refractivity contribution in [2.24, 2.45) is 5.73 Å². The van der Waals surface area contributed by atoms with Gasteiger partial charge in [-0.1, -0.05) is 38.0 Å². The molecular formula is C14H21NO. The Morgan fingerprint density at radius 3 is 2.94 bits per heavy atom. The molecule has 0 aromatic heterocycles. The number of ether oxygens (including phenoxy) is 1. The lowest BCUT2D eigenvalue weighted by Crippen LogP contribution is -2.29. The fourth-order valence-electron chi connectivity index (χ4n) is 2.33. The van der Waals surface area contributed by atoms with Gasteiger partial charge in [-0.3, -0.25) is 0 Å². The maximum Gasteiger partial charge on any atom is 0.124 e. The first-order valence-electron chi connectivity index (χ1n) is 6.32. The summed E-state index contributed by atoms with van der Waals surface area (Å²) in [6, 6.07) is 8.29. The summed E-state index contributed by atoms with van der Waals surface area (Å²) in [5.74, 6) is 0.989. The molecule has 88 valence electrons. The van der Waals surface area contributed by atoms with Gasteiger partial charge in [0.15, 0.2) is 0 Å². The number of fused-ring (bicyclic) bond motifs is 1. The molecule has 16 heavy (non-hydrogen) atoms. The molecular weight excluding hydrogens is 198 g/mol. The topological polar surface area (TPSA) is 35.2 Å². The molecule has 1 aromatic rings. The molecule has 0 saturated carbocycles. The van der Waals surface area contributed by atoms with Crippen LogP contribution in [0.15, 0.2) is 24.3 Å². The average molecular weight is 219 g/mol. The van der Waals surface area contributed by atoms with Gasteiger partial charge in [-0.25, -0.2) is 0 Å². The first-order chi connectivity index (χ1) is 7.81. The first kappa shape index (κ1) is 11.5. The second kappa shape index (κ2) is 5.35. The van der Waals surface area contributed by atoms with E-state index in [1.165, 1.54) is 19.3 Å². The summed E-state index contributed by atoms with van der Waals surface area (Å²) in [5.41, 5.74) is 7.32. The largest absolute Gasteiger partial charge is 0.490 e. The molecule has 2 atom stereocenters. The van der Waals surface area contributed by atoms with E-state index in [4.69, 9.17) is 10.5 Å². The van der Waals surface area contributed by atoms with Crippen LogP contribution in [0.4, 0.5) is 0 Å².